The number of nitrogens with zero attached hydrogens (tertiary/aromatic N) is 2. The van der Waals surface area contributed by atoms with Crippen molar-refractivity contribution in [2.45, 2.75) is 0 Å². The summed E-state index contributed by atoms with van der Waals surface area (Å²) >= 11 is 0. The second-order valence-electron chi connectivity index (χ2n) is 5.86. The average Bonchev–Trinajstić information content (AvgIpc) is 2.90. The normalized spacial score (nSPS) is 10.5. The van der Waals surface area contributed by atoms with E-state index in [0.717, 1.165) is 11.3 Å². The van der Waals surface area contributed by atoms with Gasteiger partial charge in [-0.3, -0.25) is 4.79 Å². The van der Waals surface area contributed by atoms with Gasteiger partial charge in [-0.15, -0.1) is 0 Å². The zero-order valence-corrected chi connectivity index (χ0v) is 14.3. The molecule has 0 aliphatic rings. The topological polar surface area (TPSA) is 67.5 Å². The maximum atomic E-state index is 12.7. The molecule has 0 saturated heterocycles. The Hall–Kier alpha value is -3.28. The number of carbonyl (C=O) groups excluding carboxylic acids is 1. The number of aryl methyl sites for hydroxylation is 1. The molecular formula is C19H19N3O3. The molecule has 0 aliphatic carbocycles. The van der Waals surface area contributed by atoms with Gasteiger partial charge in [-0.05, 0) is 24.3 Å². The molecule has 0 spiro atoms. The zero-order chi connectivity index (χ0) is 18.0. The lowest BCUT2D eigenvalue weighted by atomic mass is 10.1. The van der Waals surface area contributed by atoms with E-state index in [-0.39, 0.29) is 5.56 Å². The minimum absolute atomic E-state index is 0.00890. The van der Waals surface area contributed by atoms with Crippen LogP contribution in [0.5, 0.6) is 0 Å². The number of nitrogens with one attached hydrogen (secondary N) is 1. The molecule has 1 N–H and O–H groups in total. The number of benzene rings is 2. The fourth-order valence-electron chi connectivity index (χ4n) is 2.63. The van der Waals surface area contributed by atoms with Gasteiger partial charge in [0.25, 0.3) is 5.91 Å². The summed E-state index contributed by atoms with van der Waals surface area (Å²) in [6.45, 7) is 0. The molecule has 6 nitrogen and oxygen atoms in total. The highest BCUT2D eigenvalue weighted by Crippen LogP contribution is 2.23. The molecule has 0 bridgehead atoms. The van der Waals surface area contributed by atoms with Gasteiger partial charge in [0, 0.05) is 38.1 Å². The second-order valence-corrected chi connectivity index (χ2v) is 5.86. The van der Waals surface area contributed by atoms with Crippen LogP contribution in [0.1, 0.15) is 10.4 Å². The molecular weight excluding hydrogens is 318 g/mol. The molecule has 1 amide bonds. The first kappa shape index (κ1) is 16.6. The highest BCUT2D eigenvalue weighted by Gasteiger charge is 2.23. The van der Waals surface area contributed by atoms with Crippen LogP contribution in [0.4, 0.5) is 11.4 Å². The van der Waals surface area contributed by atoms with Crippen LogP contribution < -0.4 is 15.8 Å². The summed E-state index contributed by atoms with van der Waals surface area (Å²) in [7, 11) is 5.48. The standard InChI is InChI=1S/C19H19N3O3/c1-21(2)15-11-9-14(10-12-15)20-18(23)16-17(22(3)25-19(16)24)13-7-5-4-6-8-13/h4-12H,1-3H3,(H,20,23). The number of amides is 1. The van der Waals surface area contributed by atoms with Gasteiger partial charge in [-0.2, -0.15) is 0 Å². The van der Waals surface area contributed by atoms with E-state index in [0.29, 0.717) is 11.4 Å². The van der Waals surface area contributed by atoms with E-state index in [1.165, 1.54) is 4.74 Å². The number of carbonyl (C=O) groups is 1. The van der Waals surface area contributed by atoms with Crippen LogP contribution in [-0.4, -0.2) is 24.7 Å². The third-order valence-electron chi connectivity index (χ3n) is 3.89. The molecule has 0 saturated carbocycles. The molecule has 1 heterocycles. The Morgan fingerprint density at radius 1 is 1.04 bits per heavy atom. The van der Waals surface area contributed by atoms with Crippen LogP contribution in [0.2, 0.25) is 0 Å². The summed E-state index contributed by atoms with van der Waals surface area (Å²) in [5.74, 6) is -0.495. The van der Waals surface area contributed by atoms with Gasteiger partial charge < -0.3 is 14.7 Å². The molecule has 25 heavy (non-hydrogen) atoms. The highest BCUT2D eigenvalue weighted by molar-refractivity contribution is 6.07. The van der Waals surface area contributed by atoms with Crippen LogP contribution in [0.3, 0.4) is 0 Å². The van der Waals surface area contributed by atoms with E-state index in [1.54, 1.807) is 19.2 Å². The van der Waals surface area contributed by atoms with Gasteiger partial charge in [0.1, 0.15) is 5.69 Å². The maximum Gasteiger partial charge on any atom is 0.370 e. The molecule has 6 heteroatoms. The van der Waals surface area contributed by atoms with Crippen molar-refractivity contribution < 1.29 is 9.32 Å². The smallest absolute Gasteiger partial charge is 0.370 e. The Balaban J connectivity index is 1.94. The van der Waals surface area contributed by atoms with Crippen molar-refractivity contribution in [1.29, 1.82) is 0 Å². The van der Waals surface area contributed by atoms with Crippen LogP contribution in [0.25, 0.3) is 11.3 Å². The molecule has 2 aromatic carbocycles. The Morgan fingerprint density at radius 3 is 2.28 bits per heavy atom. The number of hydrogen-bond donors (Lipinski definition) is 1. The van der Waals surface area contributed by atoms with Crippen LogP contribution in [0, 0.1) is 0 Å². The lowest BCUT2D eigenvalue weighted by Crippen LogP contribution is -2.19. The predicted molar refractivity (Wildman–Crippen MR) is 98.1 cm³/mol. The number of rotatable bonds is 4. The van der Waals surface area contributed by atoms with Crippen molar-refractivity contribution >= 4 is 17.3 Å². The molecule has 0 unspecified atom stereocenters. The first-order valence-electron chi connectivity index (χ1n) is 7.82. The average molecular weight is 337 g/mol. The molecule has 0 fully saturated rings. The van der Waals surface area contributed by atoms with Gasteiger partial charge in [-0.25, -0.2) is 9.53 Å². The predicted octanol–water partition coefficient (Wildman–Crippen LogP) is 2.96. The van der Waals surface area contributed by atoms with Crippen molar-refractivity contribution in [3.8, 4) is 11.3 Å². The number of hydrogen-bond acceptors (Lipinski definition) is 4. The van der Waals surface area contributed by atoms with Crippen molar-refractivity contribution in [3.05, 3.63) is 70.6 Å². The summed E-state index contributed by atoms with van der Waals surface area (Å²) in [5.41, 5.74) is 2.14. The third-order valence-corrected chi connectivity index (χ3v) is 3.89. The largest absolute Gasteiger partial charge is 0.378 e. The Bertz CT molecular complexity index is 938. The summed E-state index contributed by atoms with van der Waals surface area (Å²) in [6.07, 6.45) is 0. The SMILES string of the molecule is CN(C)c1ccc(NC(=O)c2c(-c3ccccc3)n(C)oc2=O)cc1. The van der Waals surface area contributed by atoms with E-state index < -0.39 is 11.5 Å². The van der Waals surface area contributed by atoms with Crippen molar-refractivity contribution in [3.63, 3.8) is 0 Å². The lowest BCUT2D eigenvalue weighted by Gasteiger charge is -2.13. The van der Waals surface area contributed by atoms with E-state index in [9.17, 15) is 9.59 Å². The van der Waals surface area contributed by atoms with Crippen LogP contribution in [-0.2, 0) is 7.05 Å². The minimum Gasteiger partial charge on any atom is -0.378 e. The molecule has 0 radical (unpaired) electrons. The number of aromatic nitrogens is 1. The van der Waals surface area contributed by atoms with Crippen molar-refractivity contribution in [2.75, 3.05) is 24.3 Å². The van der Waals surface area contributed by atoms with Crippen LogP contribution >= 0.6 is 0 Å². The first-order chi connectivity index (χ1) is 12.0. The third kappa shape index (κ3) is 3.33. The van der Waals surface area contributed by atoms with Gasteiger partial charge in [0.15, 0.2) is 5.56 Å². The molecule has 3 aromatic rings. The monoisotopic (exact) mass is 337 g/mol. The maximum absolute atomic E-state index is 12.7. The Morgan fingerprint density at radius 2 is 1.68 bits per heavy atom. The van der Waals surface area contributed by atoms with Gasteiger partial charge in [0.05, 0.1) is 0 Å². The summed E-state index contributed by atoms with van der Waals surface area (Å²) in [6, 6.07) is 16.6. The Labute approximate surface area is 145 Å². The molecule has 1 aromatic heterocycles. The molecule has 128 valence electrons. The lowest BCUT2D eigenvalue weighted by molar-refractivity contribution is 0.102. The highest BCUT2D eigenvalue weighted by atomic mass is 16.5. The quantitative estimate of drug-likeness (QED) is 0.795. The zero-order valence-electron chi connectivity index (χ0n) is 14.3. The van der Waals surface area contributed by atoms with Crippen molar-refractivity contribution in [1.82, 2.24) is 4.74 Å². The molecule has 0 atom stereocenters. The second kappa shape index (κ2) is 6.68. The van der Waals surface area contributed by atoms with Crippen LogP contribution in [0.15, 0.2) is 63.9 Å². The van der Waals surface area contributed by atoms with Gasteiger partial charge >= 0.3 is 5.63 Å². The summed E-state index contributed by atoms with van der Waals surface area (Å²) in [5, 5.41) is 2.76. The number of anilines is 2. The first-order valence-corrected chi connectivity index (χ1v) is 7.82. The van der Waals surface area contributed by atoms with Crippen molar-refractivity contribution in [2.24, 2.45) is 7.05 Å². The van der Waals surface area contributed by atoms with E-state index in [1.807, 2.05) is 61.5 Å². The minimum atomic E-state index is -0.663. The van der Waals surface area contributed by atoms with E-state index in [2.05, 4.69) is 5.32 Å². The van der Waals surface area contributed by atoms with Gasteiger partial charge in [0.2, 0.25) is 0 Å². The van der Waals surface area contributed by atoms with Gasteiger partial charge in [-0.1, -0.05) is 30.3 Å². The Kier molecular flexibility index (Phi) is 4.43. The summed E-state index contributed by atoms with van der Waals surface area (Å²) in [4.78, 5) is 26.8. The van der Waals surface area contributed by atoms with E-state index >= 15 is 0 Å². The molecule has 3 rings (SSSR count). The molecule has 0 aliphatic heterocycles. The van der Waals surface area contributed by atoms with E-state index in [4.69, 9.17) is 4.52 Å². The fourth-order valence-corrected chi connectivity index (χ4v) is 2.63. The summed E-state index contributed by atoms with van der Waals surface area (Å²) < 4.78 is 6.42. The fraction of sp³-hybridized carbons (Fsp3) is 0.158.